The Hall–Kier alpha value is 0.0500. The van der Waals surface area contributed by atoms with Crippen molar-refractivity contribution in [3.8, 4) is 0 Å². The van der Waals surface area contributed by atoms with Crippen LogP contribution in [-0.4, -0.2) is 16.0 Å². The van der Waals surface area contributed by atoms with Gasteiger partial charge in [0.25, 0.3) is 0 Å². The van der Waals surface area contributed by atoms with Gasteiger partial charge in [-0.05, 0) is 119 Å². The fraction of sp³-hybridized carbons (Fsp3) is 0.920. The van der Waals surface area contributed by atoms with Crippen molar-refractivity contribution >= 4 is 12.6 Å². The van der Waals surface area contributed by atoms with Crippen LogP contribution in [0.5, 0.6) is 0 Å². The minimum atomic E-state index is -0.513. The molecule has 0 spiro atoms. The van der Waals surface area contributed by atoms with E-state index in [9.17, 15) is 5.11 Å². The monoisotopic (exact) mass is 390 g/mol. The largest absolute Gasteiger partial charge is 0.390 e. The summed E-state index contributed by atoms with van der Waals surface area (Å²) in [6, 6.07) is 0. The lowest BCUT2D eigenvalue weighted by atomic mass is 9.51. The van der Waals surface area contributed by atoms with Gasteiger partial charge in [0, 0.05) is 5.25 Å². The van der Waals surface area contributed by atoms with Crippen molar-refractivity contribution in [3.63, 3.8) is 0 Å². The third-order valence-corrected chi connectivity index (χ3v) is 9.83. The summed E-state index contributed by atoms with van der Waals surface area (Å²) in [6.07, 6.45) is 15.9. The minimum Gasteiger partial charge on any atom is -0.390 e. The number of aliphatic hydroxyl groups is 1. The second-order valence-corrected chi connectivity index (χ2v) is 12.3. The van der Waals surface area contributed by atoms with Crippen molar-refractivity contribution in [1.82, 2.24) is 0 Å². The smallest absolute Gasteiger partial charge is 0.0591 e. The summed E-state index contributed by atoms with van der Waals surface area (Å²) < 4.78 is 0. The van der Waals surface area contributed by atoms with Crippen molar-refractivity contribution in [2.24, 2.45) is 40.9 Å². The summed E-state index contributed by atoms with van der Waals surface area (Å²) in [6.45, 7) is 9.06. The van der Waals surface area contributed by atoms with Crippen LogP contribution in [0.4, 0.5) is 0 Å². The highest BCUT2D eigenvalue weighted by atomic mass is 32.1. The van der Waals surface area contributed by atoms with Gasteiger partial charge in [-0.25, -0.2) is 0 Å². The van der Waals surface area contributed by atoms with Crippen molar-refractivity contribution in [1.29, 1.82) is 0 Å². The van der Waals surface area contributed by atoms with Crippen LogP contribution in [0.1, 0.15) is 91.9 Å². The Bertz CT molecular complexity index is 575. The second-order valence-electron chi connectivity index (χ2n) is 11.5. The van der Waals surface area contributed by atoms with Gasteiger partial charge in [-0.15, -0.1) is 0 Å². The van der Waals surface area contributed by atoms with Crippen molar-refractivity contribution in [3.05, 3.63) is 11.6 Å². The lowest BCUT2D eigenvalue weighted by Crippen LogP contribution is -2.46. The standard InChI is InChI=1S/C25H42OS/c1-16(11-13-24(2,3)26)22-9-10-23-21-7-5-17-15-18(27)6-8-19(17)20(21)12-14-25(22,23)4/h5,16,18-23,26-27H,6-15H2,1-4H3. The zero-order chi connectivity index (χ0) is 19.4. The Balaban J connectivity index is 1.48. The summed E-state index contributed by atoms with van der Waals surface area (Å²) in [5.74, 6) is 5.36. The van der Waals surface area contributed by atoms with E-state index in [0.29, 0.717) is 10.7 Å². The van der Waals surface area contributed by atoms with Gasteiger partial charge in [0.1, 0.15) is 0 Å². The number of rotatable bonds is 4. The molecule has 1 N–H and O–H groups in total. The molecule has 4 aliphatic rings. The zero-order valence-corrected chi connectivity index (χ0v) is 19.0. The highest BCUT2D eigenvalue weighted by Crippen LogP contribution is 2.64. The normalized spacial score (nSPS) is 45.5. The van der Waals surface area contributed by atoms with Gasteiger partial charge in [-0.1, -0.05) is 25.5 Å². The van der Waals surface area contributed by atoms with E-state index in [-0.39, 0.29) is 0 Å². The average Bonchev–Trinajstić information content (AvgIpc) is 2.96. The Morgan fingerprint density at radius 3 is 2.70 bits per heavy atom. The second kappa shape index (κ2) is 7.38. The molecular formula is C25H42OS. The van der Waals surface area contributed by atoms with E-state index >= 15 is 0 Å². The van der Waals surface area contributed by atoms with E-state index in [1.165, 1.54) is 57.8 Å². The molecule has 154 valence electrons. The zero-order valence-electron chi connectivity index (χ0n) is 18.1. The molecule has 0 saturated heterocycles. The van der Waals surface area contributed by atoms with Gasteiger partial charge in [-0.2, -0.15) is 12.6 Å². The van der Waals surface area contributed by atoms with Crippen LogP contribution in [0, 0.1) is 40.9 Å². The third-order valence-electron chi connectivity index (χ3n) is 9.39. The molecule has 1 nitrogen and oxygen atoms in total. The Morgan fingerprint density at radius 1 is 1.19 bits per heavy atom. The molecule has 4 rings (SSSR count). The average molecular weight is 391 g/mol. The first-order valence-corrected chi connectivity index (χ1v) is 12.3. The van der Waals surface area contributed by atoms with Crippen LogP contribution >= 0.6 is 12.6 Å². The van der Waals surface area contributed by atoms with Crippen LogP contribution < -0.4 is 0 Å². The molecule has 0 aromatic heterocycles. The van der Waals surface area contributed by atoms with E-state index in [1.807, 2.05) is 13.8 Å². The van der Waals surface area contributed by atoms with E-state index in [2.05, 4.69) is 19.9 Å². The lowest BCUT2D eigenvalue weighted by molar-refractivity contribution is -0.0274. The molecule has 0 aliphatic heterocycles. The summed E-state index contributed by atoms with van der Waals surface area (Å²) in [7, 11) is 0. The molecule has 27 heavy (non-hydrogen) atoms. The van der Waals surface area contributed by atoms with Crippen LogP contribution in [0.15, 0.2) is 11.6 Å². The molecule has 4 aliphatic carbocycles. The fourth-order valence-corrected chi connectivity index (χ4v) is 8.37. The van der Waals surface area contributed by atoms with Gasteiger partial charge >= 0.3 is 0 Å². The highest BCUT2D eigenvalue weighted by molar-refractivity contribution is 7.80. The summed E-state index contributed by atoms with van der Waals surface area (Å²) in [5.41, 5.74) is 1.81. The molecule has 0 radical (unpaired) electrons. The fourth-order valence-electron chi connectivity index (χ4n) is 8.01. The number of hydrogen-bond donors (Lipinski definition) is 2. The number of allylic oxidation sites excluding steroid dienone is 2. The minimum absolute atomic E-state index is 0.513. The van der Waals surface area contributed by atoms with Gasteiger partial charge in [-0.3, -0.25) is 0 Å². The van der Waals surface area contributed by atoms with Crippen LogP contribution in [0.25, 0.3) is 0 Å². The molecule has 0 amide bonds. The number of fused-ring (bicyclic) bond motifs is 5. The highest BCUT2D eigenvalue weighted by Gasteiger charge is 2.56. The first-order chi connectivity index (χ1) is 12.7. The van der Waals surface area contributed by atoms with E-state index < -0.39 is 5.60 Å². The van der Waals surface area contributed by atoms with Crippen molar-refractivity contribution in [2.75, 3.05) is 0 Å². The molecule has 8 unspecified atom stereocenters. The first kappa shape index (κ1) is 20.3. The quantitative estimate of drug-likeness (QED) is 0.406. The predicted octanol–water partition coefficient (Wildman–Crippen LogP) is 6.66. The van der Waals surface area contributed by atoms with E-state index in [1.54, 1.807) is 5.57 Å². The summed E-state index contributed by atoms with van der Waals surface area (Å²) >= 11 is 4.79. The molecule has 0 bridgehead atoms. The Morgan fingerprint density at radius 2 is 1.96 bits per heavy atom. The van der Waals surface area contributed by atoms with Crippen molar-refractivity contribution < 1.29 is 5.11 Å². The maximum Gasteiger partial charge on any atom is 0.0591 e. The van der Waals surface area contributed by atoms with Crippen LogP contribution in [-0.2, 0) is 0 Å². The summed E-state index contributed by atoms with van der Waals surface area (Å²) in [5, 5.41) is 10.8. The number of thiol groups is 1. The maximum atomic E-state index is 10.2. The topological polar surface area (TPSA) is 20.2 Å². The SMILES string of the molecule is CC(CCC(C)(C)O)C1CCC2C3CC=C4CC(S)CCC4C3CCC12C. The molecule has 0 aromatic rings. The van der Waals surface area contributed by atoms with E-state index in [4.69, 9.17) is 12.6 Å². The van der Waals surface area contributed by atoms with Crippen molar-refractivity contribution in [2.45, 2.75) is 103 Å². The maximum absolute atomic E-state index is 10.2. The third kappa shape index (κ3) is 3.79. The molecule has 3 fully saturated rings. The molecule has 0 aromatic carbocycles. The number of hydrogen-bond acceptors (Lipinski definition) is 2. The summed E-state index contributed by atoms with van der Waals surface area (Å²) in [4.78, 5) is 0. The molecule has 3 saturated carbocycles. The van der Waals surface area contributed by atoms with E-state index in [0.717, 1.165) is 41.9 Å². The molecule has 8 atom stereocenters. The van der Waals surface area contributed by atoms with Gasteiger partial charge < -0.3 is 5.11 Å². The molecule has 2 heteroatoms. The van der Waals surface area contributed by atoms with Gasteiger partial charge in [0.2, 0.25) is 0 Å². The van der Waals surface area contributed by atoms with Gasteiger partial charge in [0.05, 0.1) is 5.60 Å². The van der Waals surface area contributed by atoms with Gasteiger partial charge in [0.15, 0.2) is 0 Å². The molecular weight excluding hydrogens is 348 g/mol. The molecule has 0 heterocycles. The lowest BCUT2D eigenvalue weighted by Gasteiger charge is -2.54. The Labute approximate surface area is 173 Å². The predicted molar refractivity (Wildman–Crippen MR) is 118 cm³/mol. The Kier molecular flexibility index (Phi) is 5.56. The van der Waals surface area contributed by atoms with Crippen LogP contribution in [0.3, 0.4) is 0 Å². The van der Waals surface area contributed by atoms with Crippen LogP contribution in [0.2, 0.25) is 0 Å². The first-order valence-electron chi connectivity index (χ1n) is 11.8.